The molecule has 3 nitrogen and oxygen atoms in total. The smallest absolute Gasteiger partial charge is 0.165 e. The van der Waals surface area contributed by atoms with Crippen molar-refractivity contribution in [2.24, 2.45) is 0 Å². The van der Waals surface area contributed by atoms with Crippen molar-refractivity contribution in [3.8, 4) is 0 Å². The zero-order valence-corrected chi connectivity index (χ0v) is 8.94. The van der Waals surface area contributed by atoms with Gasteiger partial charge in [0, 0.05) is 7.11 Å². The Morgan fingerprint density at radius 2 is 2.50 bits per heavy atom. The van der Waals surface area contributed by atoms with Gasteiger partial charge in [0.1, 0.15) is 5.01 Å². The molecule has 1 aromatic heterocycles. The van der Waals surface area contributed by atoms with Gasteiger partial charge in [-0.25, -0.2) is 4.98 Å². The van der Waals surface area contributed by atoms with Crippen LogP contribution in [0.4, 0.5) is 0 Å². The van der Waals surface area contributed by atoms with Crippen molar-refractivity contribution in [3.05, 3.63) is 15.0 Å². The quantitative estimate of drug-likeness (QED) is 0.801. The van der Waals surface area contributed by atoms with E-state index in [4.69, 9.17) is 9.47 Å². The molecule has 1 fully saturated rings. The number of halogens is 1. The first-order chi connectivity index (χ1) is 5.77. The van der Waals surface area contributed by atoms with E-state index in [-0.39, 0.29) is 5.60 Å². The first kappa shape index (κ1) is 8.62. The third kappa shape index (κ3) is 1.21. The molecule has 0 radical (unpaired) electrons. The van der Waals surface area contributed by atoms with E-state index in [1.807, 2.05) is 0 Å². The van der Waals surface area contributed by atoms with Crippen LogP contribution in [0, 0.1) is 0 Å². The molecule has 5 heteroatoms. The van der Waals surface area contributed by atoms with E-state index in [0.29, 0.717) is 13.2 Å². The number of rotatable bonds is 2. The molecule has 0 aliphatic carbocycles. The molecule has 1 aromatic rings. The molecule has 0 aromatic carbocycles. The van der Waals surface area contributed by atoms with E-state index < -0.39 is 0 Å². The topological polar surface area (TPSA) is 31.4 Å². The van der Waals surface area contributed by atoms with Crippen LogP contribution in [0.2, 0.25) is 0 Å². The minimum Gasteiger partial charge on any atom is -0.374 e. The molecule has 1 aliphatic rings. The summed E-state index contributed by atoms with van der Waals surface area (Å²) >= 11 is 4.96. The highest BCUT2D eigenvalue weighted by atomic mass is 79.9. The summed E-state index contributed by atoms with van der Waals surface area (Å²) in [6.07, 6.45) is 1.79. The van der Waals surface area contributed by atoms with Crippen LogP contribution in [-0.2, 0) is 15.1 Å². The van der Waals surface area contributed by atoms with E-state index in [9.17, 15) is 0 Å². The summed E-state index contributed by atoms with van der Waals surface area (Å²) in [6.45, 7) is 1.23. The number of hydrogen-bond donors (Lipinski definition) is 0. The fraction of sp³-hybridized carbons (Fsp3) is 0.571. The Balaban J connectivity index is 2.27. The minimum atomic E-state index is -0.267. The van der Waals surface area contributed by atoms with Gasteiger partial charge >= 0.3 is 0 Å². The summed E-state index contributed by atoms with van der Waals surface area (Å²) in [7, 11) is 1.69. The van der Waals surface area contributed by atoms with Crippen LogP contribution < -0.4 is 0 Å². The zero-order valence-electron chi connectivity index (χ0n) is 6.54. The van der Waals surface area contributed by atoms with E-state index in [1.165, 1.54) is 0 Å². The van der Waals surface area contributed by atoms with Crippen molar-refractivity contribution in [2.45, 2.75) is 5.60 Å². The SMILES string of the molecule is COC1(c2ncc(Br)s2)COC1. The highest BCUT2D eigenvalue weighted by Crippen LogP contribution is 2.36. The molecule has 0 unspecified atom stereocenters. The highest BCUT2D eigenvalue weighted by Gasteiger charge is 2.43. The van der Waals surface area contributed by atoms with Crippen molar-refractivity contribution in [3.63, 3.8) is 0 Å². The Labute approximate surface area is 82.8 Å². The summed E-state index contributed by atoms with van der Waals surface area (Å²) in [5, 5.41) is 0.989. The average Bonchev–Trinajstić information content (AvgIpc) is 2.35. The second-order valence-corrected chi connectivity index (χ2v) is 5.07. The average molecular weight is 250 g/mol. The van der Waals surface area contributed by atoms with Gasteiger partial charge in [0.15, 0.2) is 5.60 Å². The maximum atomic E-state index is 5.38. The lowest BCUT2D eigenvalue weighted by atomic mass is 10.0. The molecular weight excluding hydrogens is 242 g/mol. The summed E-state index contributed by atoms with van der Waals surface area (Å²) in [4.78, 5) is 4.25. The molecule has 66 valence electrons. The van der Waals surface area contributed by atoms with E-state index >= 15 is 0 Å². The van der Waals surface area contributed by atoms with Crippen LogP contribution >= 0.6 is 27.3 Å². The third-order valence-corrected chi connectivity index (χ3v) is 3.59. The van der Waals surface area contributed by atoms with Gasteiger partial charge in [-0.2, -0.15) is 0 Å². The molecule has 0 amide bonds. The van der Waals surface area contributed by atoms with Gasteiger partial charge in [-0.3, -0.25) is 0 Å². The molecule has 1 saturated heterocycles. The van der Waals surface area contributed by atoms with Crippen LogP contribution in [0.5, 0.6) is 0 Å². The Kier molecular flexibility index (Phi) is 2.20. The maximum Gasteiger partial charge on any atom is 0.165 e. The molecule has 0 spiro atoms. The lowest BCUT2D eigenvalue weighted by Gasteiger charge is -2.37. The molecule has 1 aliphatic heterocycles. The summed E-state index contributed by atoms with van der Waals surface area (Å²) < 4.78 is 11.5. The lowest BCUT2D eigenvalue weighted by molar-refractivity contribution is -0.202. The lowest BCUT2D eigenvalue weighted by Crippen LogP contribution is -2.48. The molecule has 12 heavy (non-hydrogen) atoms. The van der Waals surface area contributed by atoms with Gasteiger partial charge in [-0.1, -0.05) is 0 Å². The van der Waals surface area contributed by atoms with Gasteiger partial charge in [0.25, 0.3) is 0 Å². The van der Waals surface area contributed by atoms with E-state index in [2.05, 4.69) is 20.9 Å². The molecule has 2 rings (SSSR count). The number of methoxy groups -OCH3 is 1. The third-order valence-electron chi connectivity index (χ3n) is 1.93. The minimum absolute atomic E-state index is 0.267. The van der Waals surface area contributed by atoms with Crippen molar-refractivity contribution < 1.29 is 9.47 Å². The van der Waals surface area contributed by atoms with Crippen LogP contribution in [-0.4, -0.2) is 25.3 Å². The number of aromatic nitrogens is 1. The van der Waals surface area contributed by atoms with Gasteiger partial charge in [0.2, 0.25) is 0 Å². The summed E-state index contributed by atoms with van der Waals surface area (Å²) in [5.41, 5.74) is -0.267. The highest BCUT2D eigenvalue weighted by molar-refractivity contribution is 9.11. The number of nitrogens with zero attached hydrogens (tertiary/aromatic N) is 1. The van der Waals surface area contributed by atoms with Crippen molar-refractivity contribution in [2.75, 3.05) is 20.3 Å². The van der Waals surface area contributed by atoms with Gasteiger partial charge in [-0.05, 0) is 15.9 Å². The summed E-state index contributed by atoms with van der Waals surface area (Å²) in [5.74, 6) is 0. The number of ether oxygens (including phenoxy) is 2. The maximum absolute atomic E-state index is 5.38. The Morgan fingerprint density at radius 3 is 2.83 bits per heavy atom. The van der Waals surface area contributed by atoms with Crippen LogP contribution in [0.3, 0.4) is 0 Å². The summed E-state index contributed by atoms with van der Waals surface area (Å²) in [6, 6.07) is 0. The molecule has 0 atom stereocenters. The second kappa shape index (κ2) is 3.06. The second-order valence-electron chi connectivity index (χ2n) is 2.66. The largest absolute Gasteiger partial charge is 0.374 e. The van der Waals surface area contributed by atoms with Gasteiger partial charge in [0.05, 0.1) is 23.2 Å². The number of hydrogen-bond acceptors (Lipinski definition) is 4. The van der Waals surface area contributed by atoms with Crippen LogP contribution in [0.25, 0.3) is 0 Å². The van der Waals surface area contributed by atoms with Gasteiger partial charge in [-0.15, -0.1) is 11.3 Å². The fourth-order valence-electron chi connectivity index (χ4n) is 1.08. The van der Waals surface area contributed by atoms with Crippen LogP contribution in [0.1, 0.15) is 5.01 Å². The van der Waals surface area contributed by atoms with Crippen molar-refractivity contribution in [1.29, 1.82) is 0 Å². The van der Waals surface area contributed by atoms with Crippen molar-refractivity contribution in [1.82, 2.24) is 4.98 Å². The normalized spacial score (nSPS) is 20.5. The molecule has 0 saturated carbocycles. The predicted molar refractivity (Wildman–Crippen MR) is 49.3 cm³/mol. The fourth-order valence-corrected chi connectivity index (χ4v) is 2.43. The Morgan fingerprint density at radius 1 is 1.75 bits per heavy atom. The molecule has 0 N–H and O–H groups in total. The van der Waals surface area contributed by atoms with E-state index in [0.717, 1.165) is 8.79 Å². The first-order valence-electron chi connectivity index (χ1n) is 3.51. The number of thiazole rings is 1. The molecule has 0 bridgehead atoms. The standard InChI is InChI=1S/C7H8BrNO2S/c1-10-7(3-11-4-7)6-9-2-5(8)12-6/h2H,3-4H2,1H3. The van der Waals surface area contributed by atoms with Crippen LogP contribution in [0.15, 0.2) is 9.98 Å². The first-order valence-corrected chi connectivity index (χ1v) is 5.12. The zero-order chi connectivity index (χ0) is 8.60. The predicted octanol–water partition coefficient (Wildman–Crippen LogP) is 1.78. The Bertz CT molecular complexity index is 279. The molecule has 2 heterocycles. The van der Waals surface area contributed by atoms with Crippen molar-refractivity contribution >= 4 is 27.3 Å². The monoisotopic (exact) mass is 249 g/mol. The Hall–Kier alpha value is 0.0300. The van der Waals surface area contributed by atoms with E-state index in [1.54, 1.807) is 24.6 Å². The van der Waals surface area contributed by atoms with Gasteiger partial charge < -0.3 is 9.47 Å². The molecular formula is C7H8BrNO2S.